The van der Waals surface area contributed by atoms with Crippen LogP contribution in [0.3, 0.4) is 0 Å². The third-order valence-electron chi connectivity index (χ3n) is 4.73. The standard InChI is InChI=1S/C20H22N4O3/c1-3-17(14-9-11-21-12-10-14)23(2)19(25)16-13-18(20(26)27)24(22-16)15-7-5-4-6-8-15/h4-12,17-18H,3,13H2,1-2H3,(H,26,27). The Balaban J connectivity index is 1.86. The van der Waals surface area contributed by atoms with Crippen molar-refractivity contribution in [3.05, 3.63) is 60.4 Å². The molecule has 1 N–H and O–H groups in total. The molecule has 7 heteroatoms. The number of para-hydroxylation sites is 1. The fourth-order valence-corrected chi connectivity index (χ4v) is 3.31. The average Bonchev–Trinajstić information content (AvgIpc) is 3.15. The first-order valence-electron chi connectivity index (χ1n) is 8.84. The third-order valence-corrected chi connectivity index (χ3v) is 4.73. The Bertz CT molecular complexity index is 839. The number of pyridine rings is 1. The average molecular weight is 366 g/mol. The molecule has 0 fully saturated rings. The molecule has 27 heavy (non-hydrogen) atoms. The van der Waals surface area contributed by atoms with Gasteiger partial charge in [0.05, 0.1) is 11.7 Å². The van der Waals surface area contributed by atoms with Crippen LogP contribution in [-0.4, -0.2) is 45.7 Å². The summed E-state index contributed by atoms with van der Waals surface area (Å²) < 4.78 is 0. The van der Waals surface area contributed by atoms with Crippen molar-refractivity contribution in [1.29, 1.82) is 0 Å². The second kappa shape index (κ2) is 7.99. The van der Waals surface area contributed by atoms with Crippen LogP contribution >= 0.6 is 0 Å². The van der Waals surface area contributed by atoms with Crippen molar-refractivity contribution < 1.29 is 14.7 Å². The van der Waals surface area contributed by atoms with Crippen LogP contribution in [0.2, 0.25) is 0 Å². The molecule has 3 rings (SSSR count). The first-order valence-corrected chi connectivity index (χ1v) is 8.84. The number of anilines is 1. The van der Waals surface area contributed by atoms with E-state index in [0.29, 0.717) is 5.69 Å². The van der Waals surface area contributed by atoms with E-state index in [1.807, 2.05) is 37.3 Å². The quantitative estimate of drug-likeness (QED) is 0.849. The number of hydrogen-bond donors (Lipinski definition) is 1. The van der Waals surface area contributed by atoms with Crippen LogP contribution in [0.25, 0.3) is 0 Å². The molecule has 2 atom stereocenters. The predicted molar refractivity (Wildman–Crippen MR) is 102 cm³/mol. The van der Waals surface area contributed by atoms with Crippen LogP contribution in [0.4, 0.5) is 5.69 Å². The topological polar surface area (TPSA) is 86.1 Å². The Morgan fingerprint density at radius 3 is 2.48 bits per heavy atom. The van der Waals surface area contributed by atoms with Crippen molar-refractivity contribution in [2.45, 2.75) is 31.8 Å². The minimum atomic E-state index is -1.01. The van der Waals surface area contributed by atoms with E-state index >= 15 is 0 Å². The van der Waals surface area contributed by atoms with Gasteiger partial charge in [0.1, 0.15) is 5.71 Å². The van der Waals surface area contributed by atoms with Gasteiger partial charge in [-0.2, -0.15) is 5.10 Å². The van der Waals surface area contributed by atoms with Gasteiger partial charge in [-0.25, -0.2) is 4.79 Å². The highest BCUT2D eigenvalue weighted by atomic mass is 16.4. The second-order valence-electron chi connectivity index (χ2n) is 6.41. The molecule has 1 aromatic heterocycles. The second-order valence-corrected chi connectivity index (χ2v) is 6.41. The Hall–Kier alpha value is -3.22. The van der Waals surface area contributed by atoms with Gasteiger partial charge in [0.2, 0.25) is 0 Å². The lowest BCUT2D eigenvalue weighted by Crippen LogP contribution is -2.37. The molecule has 1 aliphatic heterocycles. The van der Waals surface area contributed by atoms with E-state index in [-0.39, 0.29) is 24.1 Å². The van der Waals surface area contributed by atoms with Crippen molar-refractivity contribution in [3.8, 4) is 0 Å². The summed E-state index contributed by atoms with van der Waals surface area (Å²) in [5.74, 6) is -1.27. The number of hydrogen-bond acceptors (Lipinski definition) is 5. The monoisotopic (exact) mass is 366 g/mol. The summed E-state index contributed by atoms with van der Waals surface area (Å²) in [6.45, 7) is 2.00. The van der Waals surface area contributed by atoms with Gasteiger partial charge in [-0.3, -0.25) is 14.8 Å². The molecule has 0 saturated carbocycles. The van der Waals surface area contributed by atoms with E-state index in [4.69, 9.17) is 0 Å². The fraction of sp³-hybridized carbons (Fsp3) is 0.300. The summed E-state index contributed by atoms with van der Waals surface area (Å²) in [7, 11) is 1.72. The number of carboxylic acids is 1. The number of amides is 1. The minimum absolute atomic E-state index is 0.0696. The summed E-state index contributed by atoms with van der Waals surface area (Å²) in [6, 6.07) is 11.8. The molecular weight excluding hydrogens is 344 g/mol. The van der Waals surface area contributed by atoms with Crippen molar-refractivity contribution in [3.63, 3.8) is 0 Å². The Kier molecular flexibility index (Phi) is 5.49. The zero-order valence-electron chi connectivity index (χ0n) is 15.3. The van der Waals surface area contributed by atoms with Crippen molar-refractivity contribution in [1.82, 2.24) is 9.88 Å². The summed E-state index contributed by atoms with van der Waals surface area (Å²) in [4.78, 5) is 30.4. The number of nitrogens with zero attached hydrogens (tertiary/aromatic N) is 4. The predicted octanol–water partition coefficient (Wildman–Crippen LogP) is 2.71. The Labute approximate surface area is 157 Å². The molecule has 1 aliphatic rings. The van der Waals surface area contributed by atoms with E-state index < -0.39 is 12.0 Å². The van der Waals surface area contributed by atoms with Crippen LogP contribution in [0, 0.1) is 0 Å². The van der Waals surface area contributed by atoms with Crippen LogP contribution in [-0.2, 0) is 9.59 Å². The van der Waals surface area contributed by atoms with Gasteiger partial charge in [-0.15, -0.1) is 0 Å². The maximum Gasteiger partial charge on any atom is 0.328 e. The molecule has 140 valence electrons. The molecule has 2 aromatic rings. The first-order chi connectivity index (χ1) is 13.0. The van der Waals surface area contributed by atoms with E-state index in [9.17, 15) is 14.7 Å². The number of carboxylic acid groups (broad SMARTS) is 1. The summed E-state index contributed by atoms with van der Waals surface area (Å²) >= 11 is 0. The summed E-state index contributed by atoms with van der Waals surface area (Å²) in [6.07, 6.45) is 4.19. The number of carbonyl (C=O) groups excluding carboxylic acids is 1. The number of carbonyl (C=O) groups is 2. The molecular formula is C20H22N4O3. The van der Waals surface area contributed by atoms with Crippen LogP contribution in [0.15, 0.2) is 60.0 Å². The van der Waals surface area contributed by atoms with E-state index in [0.717, 1.165) is 12.0 Å². The molecule has 0 bridgehead atoms. The largest absolute Gasteiger partial charge is 0.480 e. The van der Waals surface area contributed by atoms with Crippen molar-refractivity contribution in [2.24, 2.45) is 5.10 Å². The molecule has 0 aliphatic carbocycles. The molecule has 0 spiro atoms. The van der Waals surface area contributed by atoms with Gasteiger partial charge in [0.15, 0.2) is 6.04 Å². The van der Waals surface area contributed by atoms with Crippen molar-refractivity contribution in [2.75, 3.05) is 12.1 Å². The van der Waals surface area contributed by atoms with Crippen LogP contribution in [0.1, 0.15) is 31.4 Å². The number of aromatic nitrogens is 1. The van der Waals surface area contributed by atoms with E-state index in [1.165, 1.54) is 5.01 Å². The zero-order valence-corrected chi connectivity index (χ0v) is 15.3. The van der Waals surface area contributed by atoms with E-state index in [1.54, 1.807) is 36.5 Å². The Morgan fingerprint density at radius 2 is 1.89 bits per heavy atom. The first kappa shape index (κ1) is 18.6. The SMILES string of the molecule is CCC(c1ccncc1)N(C)C(=O)C1=NN(c2ccccc2)C(C(=O)O)C1. The van der Waals surface area contributed by atoms with Gasteiger partial charge in [0, 0.05) is 25.9 Å². The number of hydrazone groups is 1. The highest BCUT2D eigenvalue weighted by Gasteiger charge is 2.38. The number of aliphatic carboxylic acids is 1. The smallest absolute Gasteiger partial charge is 0.328 e. The highest BCUT2D eigenvalue weighted by Crippen LogP contribution is 2.27. The van der Waals surface area contributed by atoms with Gasteiger partial charge in [-0.05, 0) is 36.2 Å². The van der Waals surface area contributed by atoms with Gasteiger partial charge < -0.3 is 10.0 Å². The molecule has 2 unspecified atom stereocenters. The minimum Gasteiger partial charge on any atom is -0.480 e. The number of rotatable bonds is 6. The lowest BCUT2D eigenvalue weighted by molar-refractivity contribution is -0.138. The van der Waals surface area contributed by atoms with E-state index in [2.05, 4.69) is 10.1 Å². The van der Waals surface area contributed by atoms with Gasteiger partial charge in [0.25, 0.3) is 5.91 Å². The lowest BCUT2D eigenvalue weighted by Gasteiger charge is -2.27. The molecule has 0 saturated heterocycles. The van der Waals surface area contributed by atoms with Crippen LogP contribution in [0.5, 0.6) is 0 Å². The fourth-order valence-electron chi connectivity index (χ4n) is 3.31. The third kappa shape index (κ3) is 3.81. The van der Waals surface area contributed by atoms with Crippen LogP contribution < -0.4 is 5.01 Å². The van der Waals surface area contributed by atoms with Crippen molar-refractivity contribution >= 4 is 23.3 Å². The molecule has 1 aromatic carbocycles. The molecule has 0 radical (unpaired) electrons. The lowest BCUT2D eigenvalue weighted by atomic mass is 10.0. The Morgan fingerprint density at radius 1 is 1.22 bits per heavy atom. The molecule has 1 amide bonds. The summed E-state index contributed by atoms with van der Waals surface area (Å²) in [5.41, 5.74) is 1.88. The van der Waals surface area contributed by atoms with Gasteiger partial charge in [-0.1, -0.05) is 25.1 Å². The van der Waals surface area contributed by atoms with Gasteiger partial charge >= 0.3 is 5.97 Å². The number of benzene rings is 1. The highest BCUT2D eigenvalue weighted by molar-refractivity contribution is 6.40. The summed E-state index contributed by atoms with van der Waals surface area (Å²) in [5, 5.41) is 15.3. The normalized spacial score (nSPS) is 17.3. The molecule has 2 heterocycles. The molecule has 7 nitrogen and oxygen atoms in total. The maximum atomic E-state index is 13.0. The maximum absolute atomic E-state index is 13.0. The zero-order chi connectivity index (χ0) is 19.4.